The highest BCUT2D eigenvalue weighted by Crippen LogP contribution is 2.18. The van der Waals surface area contributed by atoms with Crippen LogP contribution in [0.5, 0.6) is 0 Å². The fraction of sp³-hybridized carbons (Fsp3) is 0.278. The molecule has 2 rings (SSSR count). The molecule has 0 fully saturated rings. The van der Waals surface area contributed by atoms with E-state index >= 15 is 0 Å². The van der Waals surface area contributed by atoms with Crippen LogP contribution in [0.25, 0.3) is 0 Å². The van der Waals surface area contributed by atoms with Gasteiger partial charge in [-0.05, 0) is 62.7 Å². The topological polar surface area (TPSA) is 84.5 Å². The zero-order chi connectivity index (χ0) is 19.4. The summed E-state index contributed by atoms with van der Waals surface area (Å²) < 4.78 is 32.2. The zero-order valence-corrected chi connectivity index (χ0v) is 16.3. The summed E-state index contributed by atoms with van der Waals surface area (Å²) in [7, 11) is -3.59. The number of nitrogens with one attached hydrogen (secondary N) is 2. The summed E-state index contributed by atoms with van der Waals surface area (Å²) in [6, 6.07) is 13.0. The predicted octanol–water partition coefficient (Wildman–Crippen LogP) is 4.63. The molecule has 0 aliphatic rings. The summed E-state index contributed by atoms with van der Waals surface area (Å²) in [5, 5.41) is 3.06. The van der Waals surface area contributed by atoms with E-state index in [1.54, 1.807) is 69.3 Å². The molecule has 0 aliphatic carbocycles. The van der Waals surface area contributed by atoms with E-state index in [1.807, 2.05) is 0 Å². The first-order chi connectivity index (χ1) is 12.0. The van der Waals surface area contributed by atoms with E-state index in [1.165, 1.54) is 0 Å². The fourth-order valence-corrected chi connectivity index (χ4v) is 3.50. The Labute approximate surface area is 158 Å². The van der Waals surface area contributed by atoms with Gasteiger partial charge in [-0.3, -0.25) is 10.0 Å². The fourth-order valence-electron chi connectivity index (χ4n) is 2.10. The third-order valence-electron chi connectivity index (χ3n) is 3.05. The lowest BCUT2D eigenvalue weighted by atomic mass is 10.2. The number of hydrogen-bond acceptors (Lipinski definition) is 4. The summed E-state index contributed by atoms with van der Waals surface area (Å²) in [5.74, 6) is -0.189. The lowest BCUT2D eigenvalue weighted by Gasteiger charge is -2.19. The maximum atomic E-state index is 12.3. The third-order valence-corrected chi connectivity index (χ3v) is 4.54. The number of carbonyl (C=O) groups is 1. The average Bonchev–Trinajstić information content (AvgIpc) is 2.46. The Morgan fingerprint density at radius 3 is 2.27 bits per heavy atom. The standard InChI is InChI=1S/C18H21ClN2O4S/c1-18(2,3)25-17(22)20-15-7-9-16(10-8-15)21-26(23,24)12-13-5-4-6-14(19)11-13/h4-11,21H,12H2,1-3H3,(H,20,22). The number of anilines is 2. The molecule has 0 aliphatic heterocycles. The van der Waals surface area contributed by atoms with Gasteiger partial charge in [-0.1, -0.05) is 23.7 Å². The molecule has 0 heterocycles. The van der Waals surface area contributed by atoms with Crippen molar-refractivity contribution in [2.45, 2.75) is 32.1 Å². The van der Waals surface area contributed by atoms with Gasteiger partial charge in [0.2, 0.25) is 10.0 Å². The Morgan fingerprint density at radius 2 is 1.69 bits per heavy atom. The number of sulfonamides is 1. The summed E-state index contributed by atoms with van der Waals surface area (Å²) in [6.45, 7) is 5.30. The molecular weight excluding hydrogens is 376 g/mol. The van der Waals surface area contributed by atoms with Crippen LogP contribution < -0.4 is 10.0 Å². The predicted molar refractivity (Wildman–Crippen MR) is 104 cm³/mol. The molecule has 140 valence electrons. The smallest absolute Gasteiger partial charge is 0.412 e. The molecule has 0 radical (unpaired) electrons. The van der Waals surface area contributed by atoms with Crippen LogP contribution in [0.1, 0.15) is 26.3 Å². The van der Waals surface area contributed by atoms with Crippen molar-refractivity contribution >= 4 is 39.1 Å². The lowest BCUT2D eigenvalue weighted by molar-refractivity contribution is 0.0636. The molecule has 26 heavy (non-hydrogen) atoms. The lowest BCUT2D eigenvalue weighted by Crippen LogP contribution is -2.27. The molecule has 0 saturated heterocycles. The van der Waals surface area contributed by atoms with Crippen molar-refractivity contribution in [1.29, 1.82) is 0 Å². The van der Waals surface area contributed by atoms with E-state index in [4.69, 9.17) is 16.3 Å². The first kappa shape index (κ1) is 20.1. The SMILES string of the molecule is CC(C)(C)OC(=O)Nc1ccc(NS(=O)(=O)Cc2cccc(Cl)c2)cc1. The van der Waals surface area contributed by atoms with Crippen LogP contribution in [0, 0.1) is 0 Å². The molecule has 2 aromatic carbocycles. The molecule has 0 spiro atoms. The van der Waals surface area contributed by atoms with Crippen LogP contribution >= 0.6 is 11.6 Å². The molecule has 0 atom stereocenters. The van der Waals surface area contributed by atoms with Crippen molar-refractivity contribution in [3.05, 3.63) is 59.1 Å². The van der Waals surface area contributed by atoms with Crippen molar-refractivity contribution in [1.82, 2.24) is 0 Å². The highest BCUT2D eigenvalue weighted by Gasteiger charge is 2.16. The number of amides is 1. The minimum Gasteiger partial charge on any atom is -0.444 e. The molecule has 6 nitrogen and oxygen atoms in total. The minimum atomic E-state index is -3.59. The summed E-state index contributed by atoms with van der Waals surface area (Å²) in [4.78, 5) is 11.7. The molecule has 8 heteroatoms. The van der Waals surface area contributed by atoms with Gasteiger partial charge < -0.3 is 4.74 Å². The van der Waals surface area contributed by atoms with Crippen LogP contribution in [0.3, 0.4) is 0 Å². The van der Waals surface area contributed by atoms with Crippen LogP contribution in [0.15, 0.2) is 48.5 Å². The normalized spacial score (nSPS) is 11.7. The molecule has 0 aromatic heterocycles. The van der Waals surface area contributed by atoms with Crippen molar-refractivity contribution in [3.8, 4) is 0 Å². The highest BCUT2D eigenvalue weighted by atomic mass is 35.5. The number of ether oxygens (including phenoxy) is 1. The van der Waals surface area contributed by atoms with E-state index in [0.29, 0.717) is 22.0 Å². The Balaban J connectivity index is 1.98. The molecule has 0 unspecified atom stereocenters. The monoisotopic (exact) mass is 396 g/mol. The Bertz CT molecular complexity index is 875. The number of benzene rings is 2. The van der Waals surface area contributed by atoms with Crippen LogP contribution in [-0.2, 0) is 20.5 Å². The van der Waals surface area contributed by atoms with Crippen LogP contribution in [0.4, 0.5) is 16.2 Å². The van der Waals surface area contributed by atoms with Gasteiger partial charge in [-0.2, -0.15) is 0 Å². The van der Waals surface area contributed by atoms with Crippen molar-refractivity contribution in [3.63, 3.8) is 0 Å². The second-order valence-corrected chi connectivity index (χ2v) is 8.85. The number of rotatable bonds is 5. The molecule has 1 amide bonds. The van der Waals surface area contributed by atoms with Gasteiger partial charge in [0.25, 0.3) is 0 Å². The second-order valence-electron chi connectivity index (χ2n) is 6.70. The van der Waals surface area contributed by atoms with Gasteiger partial charge in [0.05, 0.1) is 5.75 Å². The molecule has 2 aromatic rings. The summed E-state index contributed by atoms with van der Waals surface area (Å²) in [6.07, 6.45) is -0.577. The largest absolute Gasteiger partial charge is 0.444 e. The zero-order valence-electron chi connectivity index (χ0n) is 14.7. The number of halogens is 1. The quantitative estimate of drug-likeness (QED) is 0.771. The summed E-state index contributed by atoms with van der Waals surface area (Å²) in [5.41, 5.74) is 0.881. The van der Waals surface area contributed by atoms with Gasteiger partial charge >= 0.3 is 6.09 Å². The van der Waals surface area contributed by atoms with Crippen molar-refractivity contribution < 1.29 is 17.9 Å². The molecule has 0 bridgehead atoms. The second kappa shape index (κ2) is 7.97. The Hall–Kier alpha value is -2.25. The Morgan fingerprint density at radius 1 is 1.08 bits per heavy atom. The van der Waals surface area contributed by atoms with Gasteiger partial charge in [0.1, 0.15) is 5.60 Å². The average molecular weight is 397 g/mol. The van der Waals surface area contributed by atoms with Gasteiger partial charge in [0.15, 0.2) is 0 Å². The van der Waals surface area contributed by atoms with Crippen LogP contribution in [0.2, 0.25) is 5.02 Å². The number of carbonyl (C=O) groups excluding carboxylic acids is 1. The van der Waals surface area contributed by atoms with Gasteiger partial charge in [0, 0.05) is 16.4 Å². The third kappa shape index (κ3) is 6.93. The highest BCUT2D eigenvalue weighted by molar-refractivity contribution is 7.91. The van der Waals surface area contributed by atoms with Crippen molar-refractivity contribution in [2.24, 2.45) is 0 Å². The summed E-state index contributed by atoms with van der Waals surface area (Å²) >= 11 is 5.87. The van der Waals surface area contributed by atoms with Gasteiger partial charge in [-0.15, -0.1) is 0 Å². The van der Waals surface area contributed by atoms with Crippen LogP contribution in [-0.4, -0.2) is 20.1 Å². The number of hydrogen-bond donors (Lipinski definition) is 2. The minimum absolute atomic E-state index is 0.189. The first-order valence-corrected chi connectivity index (χ1v) is 9.90. The van der Waals surface area contributed by atoms with Crippen molar-refractivity contribution in [2.75, 3.05) is 10.0 Å². The maximum Gasteiger partial charge on any atom is 0.412 e. The maximum absolute atomic E-state index is 12.3. The molecule has 2 N–H and O–H groups in total. The Kier molecular flexibility index (Phi) is 6.15. The van der Waals surface area contributed by atoms with E-state index in [2.05, 4.69) is 10.0 Å². The van der Waals surface area contributed by atoms with Gasteiger partial charge in [-0.25, -0.2) is 13.2 Å². The van der Waals surface area contributed by atoms with E-state index in [0.717, 1.165) is 0 Å². The van der Waals surface area contributed by atoms with E-state index in [9.17, 15) is 13.2 Å². The van der Waals surface area contributed by atoms with E-state index < -0.39 is 21.7 Å². The van der Waals surface area contributed by atoms with E-state index in [-0.39, 0.29) is 5.75 Å². The first-order valence-electron chi connectivity index (χ1n) is 7.87. The molecule has 0 saturated carbocycles. The molecular formula is C18H21ClN2O4S.